The maximum Gasteiger partial charge on any atom is 0.407 e. The van der Waals surface area contributed by atoms with Gasteiger partial charge in [-0.25, -0.2) is 9.59 Å². The van der Waals surface area contributed by atoms with E-state index in [-0.39, 0.29) is 30.8 Å². The molecule has 1 aliphatic heterocycles. The lowest BCUT2D eigenvalue weighted by atomic mass is 9.97. The van der Waals surface area contributed by atoms with Gasteiger partial charge in [-0.05, 0) is 47.4 Å². The SMILES string of the molecule is CC(C)[C@@H](CC(=O)N1CCCCC1C(=O)O)NC(=O)OCC1c2ccccc2-c2ccccc21. The van der Waals surface area contributed by atoms with Crippen LogP contribution in [0.25, 0.3) is 11.1 Å². The predicted octanol–water partition coefficient (Wildman–Crippen LogP) is 4.41. The van der Waals surface area contributed by atoms with Crippen LogP contribution < -0.4 is 5.32 Å². The zero-order chi connectivity index (χ0) is 24.2. The molecule has 4 rings (SSSR count). The van der Waals surface area contributed by atoms with E-state index in [0.29, 0.717) is 13.0 Å². The summed E-state index contributed by atoms with van der Waals surface area (Å²) in [7, 11) is 0. The van der Waals surface area contributed by atoms with Crippen LogP contribution in [0.2, 0.25) is 0 Å². The number of nitrogens with zero attached hydrogens (tertiary/aromatic N) is 1. The highest BCUT2D eigenvalue weighted by molar-refractivity contribution is 5.84. The Bertz CT molecular complexity index is 1020. The first-order chi connectivity index (χ1) is 16.4. The van der Waals surface area contributed by atoms with Crippen molar-refractivity contribution in [1.82, 2.24) is 10.2 Å². The monoisotopic (exact) mass is 464 g/mol. The van der Waals surface area contributed by atoms with E-state index in [1.807, 2.05) is 38.1 Å². The van der Waals surface area contributed by atoms with E-state index >= 15 is 0 Å². The highest BCUT2D eigenvalue weighted by Crippen LogP contribution is 2.44. The van der Waals surface area contributed by atoms with Gasteiger partial charge in [-0.15, -0.1) is 0 Å². The average molecular weight is 465 g/mol. The first-order valence-corrected chi connectivity index (χ1v) is 12.0. The second kappa shape index (κ2) is 10.3. The number of carbonyl (C=O) groups excluding carboxylic acids is 2. The molecule has 0 spiro atoms. The van der Waals surface area contributed by atoms with Gasteiger partial charge in [0.1, 0.15) is 12.6 Å². The number of alkyl carbamates (subject to hydrolysis) is 1. The molecule has 2 amide bonds. The summed E-state index contributed by atoms with van der Waals surface area (Å²) >= 11 is 0. The van der Waals surface area contributed by atoms with Crippen molar-refractivity contribution in [2.45, 2.75) is 57.5 Å². The van der Waals surface area contributed by atoms with Gasteiger partial charge in [-0.1, -0.05) is 62.4 Å². The molecule has 180 valence electrons. The molecule has 7 nitrogen and oxygen atoms in total. The number of benzene rings is 2. The van der Waals surface area contributed by atoms with Crippen molar-refractivity contribution < 1.29 is 24.2 Å². The zero-order valence-corrected chi connectivity index (χ0v) is 19.7. The summed E-state index contributed by atoms with van der Waals surface area (Å²) in [4.78, 5) is 38.7. The number of hydrogen-bond donors (Lipinski definition) is 2. The highest BCUT2D eigenvalue weighted by atomic mass is 16.5. The van der Waals surface area contributed by atoms with Crippen molar-refractivity contribution in [3.63, 3.8) is 0 Å². The summed E-state index contributed by atoms with van der Waals surface area (Å²) in [6.07, 6.45) is 1.54. The van der Waals surface area contributed by atoms with Crippen molar-refractivity contribution in [2.24, 2.45) is 5.92 Å². The Labute approximate surface area is 200 Å². The third-order valence-corrected chi connectivity index (χ3v) is 6.95. The number of carboxylic acids is 1. The molecule has 0 saturated carbocycles. The summed E-state index contributed by atoms with van der Waals surface area (Å²) in [5.41, 5.74) is 4.59. The Morgan fingerprint density at radius 2 is 1.65 bits per heavy atom. The number of fused-ring (bicyclic) bond motifs is 3. The van der Waals surface area contributed by atoms with Crippen LogP contribution in [-0.4, -0.2) is 53.2 Å². The number of carboxylic acid groups (broad SMARTS) is 1. The van der Waals surface area contributed by atoms with Gasteiger partial charge in [-0.2, -0.15) is 0 Å². The molecule has 2 aromatic rings. The van der Waals surface area contributed by atoms with E-state index < -0.39 is 24.1 Å². The summed E-state index contributed by atoms with van der Waals surface area (Å²) in [6, 6.07) is 15.1. The number of aliphatic carboxylic acids is 1. The van der Waals surface area contributed by atoms with Crippen molar-refractivity contribution in [3.05, 3.63) is 59.7 Å². The Hall–Kier alpha value is -3.35. The lowest BCUT2D eigenvalue weighted by molar-refractivity contribution is -0.152. The third kappa shape index (κ3) is 4.93. The number of hydrogen-bond acceptors (Lipinski definition) is 4. The lowest BCUT2D eigenvalue weighted by Gasteiger charge is -2.34. The van der Waals surface area contributed by atoms with E-state index in [1.165, 1.54) is 4.90 Å². The van der Waals surface area contributed by atoms with Crippen LogP contribution in [0.15, 0.2) is 48.5 Å². The Kier molecular flexibility index (Phi) is 7.20. The normalized spacial score (nSPS) is 18.2. The zero-order valence-electron chi connectivity index (χ0n) is 19.7. The predicted molar refractivity (Wildman–Crippen MR) is 128 cm³/mol. The fraction of sp³-hybridized carbons (Fsp3) is 0.444. The van der Waals surface area contributed by atoms with Gasteiger partial charge < -0.3 is 20.1 Å². The summed E-state index contributed by atoms with van der Waals surface area (Å²) in [6.45, 7) is 4.48. The average Bonchev–Trinajstić information content (AvgIpc) is 3.16. The molecule has 2 atom stereocenters. The molecular weight excluding hydrogens is 432 g/mol. The molecule has 0 bridgehead atoms. The van der Waals surface area contributed by atoms with Crippen LogP contribution in [0.4, 0.5) is 4.79 Å². The molecule has 0 radical (unpaired) electrons. The minimum absolute atomic E-state index is 0.0162. The largest absolute Gasteiger partial charge is 0.480 e. The molecular formula is C27H32N2O5. The van der Waals surface area contributed by atoms with Crippen molar-refractivity contribution in [3.8, 4) is 11.1 Å². The smallest absolute Gasteiger partial charge is 0.407 e. The van der Waals surface area contributed by atoms with Crippen molar-refractivity contribution >= 4 is 18.0 Å². The quantitative estimate of drug-likeness (QED) is 0.633. The molecule has 1 fully saturated rings. The van der Waals surface area contributed by atoms with Crippen molar-refractivity contribution in [2.75, 3.05) is 13.2 Å². The Morgan fingerprint density at radius 3 is 2.24 bits per heavy atom. The minimum atomic E-state index is -0.973. The number of carbonyl (C=O) groups is 3. The molecule has 34 heavy (non-hydrogen) atoms. The Balaban J connectivity index is 1.38. The number of amides is 2. The molecule has 2 aliphatic rings. The maximum atomic E-state index is 12.9. The number of nitrogens with one attached hydrogen (secondary N) is 1. The minimum Gasteiger partial charge on any atom is -0.480 e. The van der Waals surface area contributed by atoms with Gasteiger partial charge in [0.2, 0.25) is 5.91 Å². The van der Waals surface area contributed by atoms with Crippen LogP contribution >= 0.6 is 0 Å². The van der Waals surface area contributed by atoms with Crippen LogP contribution in [0.1, 0.15) is 56.6 Å². The highest BCUT2D eigenvalue weighted by Gasteiger charge is 2.34. The molecule has 7 heteroatoms. The van der Waals surface area contributed by atoms with Gasteiger partial charge in [0.05, 0.1) is 0 Å². The van der Waals surface area contributed by atoms with Gasteiger partial charge >= 0.3 is 12.1 Å². The fourth-order valence-electron chi connectivity index (χ4n) is 5.04. The molecule has 1 unspecified atom stereocenters. The standard InChI is InChI=1S/C27H32N2O5/c1-17(2)23(15-25(30)29-14-8-7-13-24(29)26(31)32)28-27(33)34-16-22-20-11-5-3-9-18(20)19-10-4-6-12-21(19)22/h3-6,9-12,17,22-24H,7-8,13-16H2,1-2H3,(H,28,33)(H,31,32)/t23-,24?/m1/s1. The van der Waals surface area contributed by atoms with Crippen molar-refractivity contribution in [1.29, 1.82) is 0 Å². The van der Waals surface area contributed by atoms with E-state index in [2.05, 4.69) is 29.6 Å². The first-order valence-electron chi connectivity index (χ1n) is 12.0. The third-order valence-electron chi connectivity index (χ3n) is 6.95. The summed E-state index contributed by atoms with van der Waals surface area (Å²) < 4.78 is 5.64. The molecule has 1 aliphatic carbocycles. The van der Waals surface area contributed by atoms with E-state index in [9.17, 15) is 19.5 Å². The number of piperidine rings is 1. The van der Waals surface area contributed by atoms with E-state index in [0.717, 1.165) is 35.1 Å². The second-order valence-electron chi connectivity index (χ2n) is 9.46. The lowest BCUT2D eigenvalue weighted by Crippen LogP contribution is -2.50. The fourth-order valence-corrected chi connectivity index (χ4v) is 5.04. The number of ether oxygens (including phenoxy) is 1. The molecule has 2 N–H and O–H groups in total. The molecule has 1 saturated heterocycles. The second-order valence-corrected chi connectivity index (χ2v) is 9.46. The number of rotatable bonds is 7. The van der Waals surface area contributed by atoms with Gasteiger partial charge in [0.15, 0.2) is 0 Å². The van der Waals surface area contributed by atoms with Crippen LogP contribution in [0, 0.1) is 5.92 Å². The summed E-state index contributed by atoms with van der Waals surface area (Å²) in [5.74, 6) is -1.28. The maximum absolute atomic E-state index is 12.9. The van der Waals surface area contributed by atoms with Crippen LogP contribution in [0.5, 0.6) is 0 Å². The number of likely N-dealkylation sites (tertiary alicyclic amines) is 1. The van der Waals surface area contributed by atoms with Crippen LogP contribution in [0.3, 0.4) is 0 Å². The molecule has 2 aromatic carbocycles. The Morgan fingerprint density at radius 1 is 1.03 bits per heavy atom. The molecule has 1 heterocycles. The van der Waals surface area contributed by atoms with E-state index in [4.69, 9.17) is 4.74 Å². The van der Waals surface area contributed by atoms with Gasteiger partial charge in [-0.3, -0.25) is 4.79 Å². The van der Waals surface area contributed by atoms with Gasteiger partial charge in [0.25, 0.3) is 0 Å². The topological polar surface area (TPSA) is 95.9 Å². The van der Waals surface area contributed by atoms with Gasteiger partial charge in [0, 0.05) is 24.9 Å². The first kappa shape index (κ1) is 23.8. The van der Waals surface area contributed by atoms with Crippen LogP contribution in [-0.2, 0) is 14.3 Å². The summed E-state index contributed by atoms with van der Waals surface area (Å²) in [5, 5.41) is 12.3. The molecule has 0 aromatic heterocycles. The van der Waals surface area contributed by atoms with E-state index in [1.54, 1.807) is 0 Å².